The molecule has 0 unspecified atom stereocenters. The van der Waals surface area contributed by atoms with Crippen molar-refractivity contribution in [2.45, 2.75) is 31.2 Å². The highest BCUT2D eigenvalue weighted by molar-refractivity contribution is 5.35. The summed E-state index contributed by atoms with van der Waals surface area (Å²) in [6, 6.07) is 19.8. The third kappa shape index (κ3) is 1.97. The summed E-state index contributed by atoms with van der Waals surface area (Å²) < 4.78 is 5.91. The van der Waals surface area contributed by atoms with Crippen LogP contribution in [0.25, 0.3) is 0 Å². The Morgan fingerprint density at radius 1 is 1.05 bits per heavy atom. The van der Waals surface area contributed by atoms with Gasteiger partial charge in [-0.3, -0.25) is 0 Å². The molecule has 0 aliphatic carbocycles. The van der Waals surface area contributed by atoms with Crippen LogP contribution in [0.1, 0.15) is 30.6 Å². The molecule has 2 heteroatoms. The molecule has 0 radical (unpaired) electrons. The van der Waals surface area contributed by atoms with Crippen molar-refractivity contribution >= 4 is 0 Å². The molecule has 2 aromatic rings. The monoisotopic (exact) mass is 254 g/mol. The van der Waals surface area contributed by atoms with E-state index in [1.807, 2.05) is 60.7 Å². The highest BCUT2D eigenvalue weighted by Crippen LogP contribution is 2.55. The van der Waals surface area contributed by atoms with Crippen molar-refractivity contribution in [1.29, 1.82) is 0 Å². The Labute approximate surface area is 113 Å². The van der Waals surface area contributed by atoms with Crippen molar-refractivity contribution in [2.24, 2.45) is 0 Å². The van der Waals surface area contributed by atoms with Gasteiger partial charge in [-0.25, -0.2) is 0 Å². The SMILES string of the molecule is CC[C@H]1O[C@]1(c1ccccc1)[C@H](O)c1ccccc1. The lowest BCUT2D eigenvalue weighted by Gasteiger charge is -2.21. The molecular weight excluding hydrogens is 236 g/mol. The van der Waals surface area contributed by atoms with E-state index in [1.54, 1.807) is 0 Å². The van der Waals surface area contributed by atoms with Crippen LogP contribution in [0.5, 0.6) is 0 Å². The van der Waals surface area contributed by atoms with Gasteiger partial charge in [-0.1, -0.05) is 67.6 Å². The van der Waals surface area contributed by atoms with Crippen molar-refractivity contribution in [1.82, 2.24) is 0 Å². The van der Waals surface area contributed by atoms with Crippen LogP contribution in [0.4, 0.5) is 0 Å². The minimum Gasteiger partial charge on any atom is -0.385 e. The maximum atomic E-state index is 10.7. The van der Waals surface area contributed by atoms with Crippen molar-refractivity contribution < 1.29 is 9.84 Å². The Kier molecular flexibility index (Phi) is 3.13. The van der Waals surface area contributed by atoms with Gasteiger partial charge in [0.1, 0.15) is 11.7 Å². The molecule has 0 spiro atoms. The molecule has 1 aliphatic rings. The Balaban J connectivity index is 1.99. The third-order valence-electron chi connectivity index (χ3n) is 3.88. The van der Waals surface area contributed by atoms with Crippen LogP contribution in [-0.2, 0) is 10.3 Å². The summed E-state index contributed by atoms with van der Waals surface area (Å²) in [5.41, 5.74) is 1.39. The summed E-state index contributed by atoms with van der Waals surface area (Å²) in [5.74, 6) is 0. The van der Waals surface area contributed by atoms with E-state index in [0.717, 1.165) is 17.5 Å². The number of benzene rings is 2. The Morgan fingerprint density at radius 2 is 1.63 bits per heavy atom. The molecule has 1 heterocycles. The molecule has 0 bridgehead atoms. The molecule has 3 rings (SSSR count). The number of aliphatic hydroxyl groups is 1. The highest BCUT2D eigenvalue weighted by Gasteiger charge is 2.61. The molecule has 0 amide bonds. The summed E-state index contributed by atoms with van der Waals surface area (Å²) in [5, 5.41) is 10.7. The predicted octanol–water partition coefficient (Wildman–Crippen LogP) is 3.42. The van der Waals surface area contributed by atoms with Crippen LogP contribution in [0.2, 0.25) is 0 Å². The highest BCUT2D eigenvalue weighted by atomic mass is 16.6. The first-order chi connectivity index (χ1) is 9.29. The summed E-state index contributed by atoms with van der Waals surface area (Å²) in [4.78, 5) is 0. The van der Waals surface area contributed by atoms with Crippen LogP contribution in [0.15, 0.2) is 60.7 Å². The maximum Gasteiger partial charge on any atom is 0.150 e. The minimum atomic E-state index is -0.624. The van der Waals surface area contributed by atoms with E-state index in [0.29, 0.717) is 0 Å². The average Bonchev–Trinajstić information content (AvgIpc) is 3.24. The van der Waals surface area contributed by atoms with Crippen LogP contribution in [-0.4, -0.2) is 11.2 Å². The van der Waals surface area contributed by atoms with Gasteiger partial charge in [0.25, 0.3) is 0 Å². The quantitative estimate of drug-likeness (QED) is 0.848. The van der Waals surface area contributed by atoms with Gasteiger partial charge in [-0.15, -0.1) is 0 Å². The Bertz CT molecular complexity index is 538. The maximum absolute atomic E-state index is 10.7. The molecule has 98 valence electrons. The Hall–Kier alpha value is -1.64. The normalized spacial score (nSPS) is 26.9. The molecule has 1 saturated heterocycles. The molecule has 0 aromatic heterocycles. The standard InChI is InChI=1S/C17H18O2/c1-2-15-17(19-15,14-11-7-4-8-12-14)16(18)13-9-5-3-6-10-13/h3-12,15-16,18H,2H2,1H3/t15-,16-,17+/m1/s1. The van der Waals surface area contributed by atoms with Crippen molar-refractivity contribution in [3.05, 3.63) is 71.8 Å². The first kappa shape index (κ1) is 12.4. The lowest BCUT2D eigenvalue weighted by Crippen LogP contribution is -2.23. The minimum absolute atomic E-state index is 0.0881. The van der Waals surface area contributed by atoms with E-state index in [4.69, 9.17) is 4.74 Å². The molecule has 0 saturated carbocycles. The van der Waals surface area contributed by atoms with Crippen molar-refractivity contribution in [3.63, 3.8) is 0 Å². The van der Waals surface area contributed by atoms with Gasteiger partial charge in [-0.05, 0) is 17.5 Å². The largest absolute Gasteiger partial charge is 0.385 e. The molecule has 2 aromatic carbocycles. The van der Waals surface area contributed by atoms with Crippen LogP contribution in [0, 0.1) is 0 Å². The number of hydrogen-bond donors (Lipinski definition) is 1. The fourth-order valence-electron chi connectivity index (χ4n) is 2.82. The van der Waals surface area contributed by atoms with Crippen LogP contribution in [0.3, 0.4) is 0 Å². The van der Waals surface area contributed by atoms with Gasteiger partial charge in [0.05, 0.1) is 6.10 Å². The summed E-state index contributed by atoms with van der Waals surface area (Å²) in [6.45, 7) is 2.09. The second-order valence-electron chi connectivity index (χ2n) is 4.99. The molecule has 1 aliphatic heterocycles. The summed E-state index contributed by atoms with van der Waals surface area (Å²) >= 11 is 0. The predicted molar refractivity (Wildman–Crippen MR) is 74.7 cm³/mol. The van der Waals surface area contributed by atoms with Gasteiger partial charge < -0.3 is 9.84 Å². The van der Waals surface area contributed by atoms with Gasteiger partial charge in [0.15, 0.2) is 0 Å². The van der Waals surface area contributed by atoms with E-state index in [2.05, 4.69) is 6.92 Å². The number of hydrogen-bond acceptors (Lipinski definition) is 2. The van der Waals surface area contributed by atoms with E-state index < -0.39 is 11.7 Å². The van der Waals surface area contributed by atoms with Crippen molar-refractivity contribution in [3.8, 4) is 0 Å². The summed E-state index contributed by atoms with van der Waals surface area (Å²) in [7, 11) is 0. The van der Waals surface area contributed by atoms with Gasteiger partial charge in [0, 0.05) is 0 Å². The lowest BCUT2D eigenvalue weighted by atomic mass is 9.85. The zero-order chi connectivity index (χ0) is 13.3. The average molecular weight is 254 g/mol. The summed E-state index contributed by atoms with van der Waals surface area (Å²) in [6.07, 6.45) is 0.366. The van der Waals surface area contributed by atoms with E-state index >= 15 is 0 Å². The van der Waals surface area contributed by atoms with Crippen LogP contribution < -0.4 is 0 Å². The third-order valence-corrected chi connectivity index (χ3v) is 3.88. The molecule has 3 atom stereocenters. The fraction of sp³-hybridized carbons (Fsp3) is 0.294. The van der Waals surface area contributed by atoms with Gasteiger partial charge >= 0.3 is 0 Å². The van der Waals surface area contributed by atoms with Gasteiger partial charge in [0.2, 0.25) is 0 Å². The molecular formula is C17H18O2. The Morgan fingerprint density at radius 3 is 2.16 bits per heavy atom. The van der Waals surface area contributed by atoms with E-state index in [9.17, 15) is 5.11 Å². The van der Waals surface area contributed by atoms with E-state index in [-0.39, 0.29) is 6.10 Å². The number of ether oxygens (including phenoxy) is 1. The first-order valence-corrected chi connectivity index (χ1v) is 6.75. The van der Waals surface area contributed by atoms with E-state index in [1.165, 1.54) is 0 Å². The zero-order valence-electron chi connectivity index (χ0n) is 11.0. The topological polar surface area (TPSA) is 32.8 Å². The van der Waals surface area contributed by atoms with Crippen LogP contribution >= 0.6 is 0 Å². The molecule has 19 heavy (non-hydrogen) atoms. The molecule has 1 N–H and O–H groups in total. The fourth-order valence-corrected chi connectivity index (χ4v) is 2.82. The number of aliphatic hydroxyl groups excluding tert-OH is 1. The number of rotatable bonds is 4. The van der Waals surface area contributed by atoms with Crippen molar-refractivity contribution in [2.75, 3.05) is 0 Å². The molecule has 1 fully saturated rings. The second-order valence-corrected chi connectivity index (χ2v) is 4.99. The first-order valence-electron chi connectivity index (χ1n) is 6.75. The zero-order valence-corrected chi connectivity index (χ0v) is 11.0. The van der Waals surface area contributed by atoms with Gasteiger partial charge in [-0.2, -0.15) is 0 Å². The second kappa shape index (κ2) is 4.80. The molecule has 2 nitrogen and oxygen atoms in total. The number of epoxide rings is 1. The smallest absolute Gasteiger partial charge is 0.150 e. The lowest BCUT2D eigenvalue weighted by molar-refractivity contribution is 0.0730.